The molecule has 25 heavy (non-hydrogen) atoms. The topological polar surface area (TPSA) is 55.8 Å². The number of fused-ring (bicyclic) bond motifs is 1. The van der Waals surface area contributed by atoms with Crippen LogP contribution in [0.5, 0.6) is 5.75 Å². The number of carbonyl (C=O) groups excluding carboxylic acids is 2. The molecule has 4 rings (SSSR count). The third-order valence-corrected chi connectivity index (χ3v) is 5.50. The fourth-order valence-electron chi connectivity index (χ4n) is 4.26. The first-order chi connectivity index (χ1) is 12.1. The van der Waals surface area contributed by atoms with E-state index in [2.05, 4.69) is 0 Å². The molecule has 1 aromatic carbocycles. The molecule has 0 N–H and O–H groups in total. The Balaban J connectivity index is 1.71. The molecular formula is C20H23NO4. The predicted molar refractivity (Wildman–Crippen MR) is 92.0 cm³/mol. The van der Waals surface area contributed by atoms with Crippen LogP contribution in [0.15, 0.2) is 35.6 Å². The zero-order valence-electron chi connectivity index (χ0n) is 14.7. The third-order valence-electron chi connectivity index (χ3n) is 5.50. The molecule has 3 unspecified atom stereocenters. The molecule has 1 amide bonds. The van der Waals surface area contributed by atoms with Crippen molar-refractivity contribution in [3.05, 3.63) is 41.2 Å². The largest absolute Gasteiger partial charge is 0.494 e. The third kappa shape index (κ3) is 2.53. The van der Waals surface area contributed by atoms with E-state index in [1.54, 1.807) is 11.9 Å². The summed E-state index contributed by atoms with van der Waals surface area (Å²) in [6, 6.07) is 7.25. The fourth-order valence-corrected chi connectivity index (χ4v) is 4.26. The molecule has 1 aromatic rings. The molecule has 1 aliphatic carbocycles. The van der Waals surface area contributed by atoms with Gasteiger partial charge in [-0.05, 0) is 43.9 Å². The number of nitrogens with zero attached hydrogens (tertiary/aromatic N) is 1. The molecule has 0 radical (unpaired) electrons. The summed E-state index contributed by atoms with van der Waals surface area (Å²) in [5.74, 6) is 0.867. The van der Waals surface area contributed by atoms with Crippen molar-refractivity contribution in [3.63, 3.8) is 0 Å². The number of ketones is 1. The quantitative estimate of drug-likeness (QED) is 0.848. The first-order valence-corrected chi connectivity index (χ1v) is 9.06. The minimum absolute atomic E-state index is 0.0996. The van der Waals surface area contributed by atoms with Gasteiger partial charge in [0.2, 0.25) is 0 Å². The van der Waals surface area contributed by atoms with Crippen molar-refractivity contribution in [2.75, 3.05) is 13.7 Å². The first kappa shape index (κ1) is 16.2. The van der Waals surface area contributed by atoms with E-state index in [0.717, 1.165) is 37.0 Å². The zero-order valence-corrected chi connectivity index (χ0v) is 14.7. The Morgan fingerprint density at radius 3 is 2.60 bits per heavy atom. The van der Waals surface area contributed by atoms with Crippen LogP contribution in [-0.2, 0) is 14.3 Å². The minimum Gasteiger partial charge on any atom is -0.494 e. The van der Waals surface area contributed by atoms with E-state index in [-0.39, 0.29) is 35.5 Å². The molecule has 2 aliphatic heterocycles. The van der Waals surface area contributed by atoms with E-state index < -0.39 is 0 Å². The molecule has 2 heterocycles. The number of benzene rings is 1. The lowest BCUT2D eigenvalue weighted by molar-refractivity contribution is -0.134. The molecular weight excluding hydrogens is 318 g/mol. The van der Waals surface area contributed by atoms with Gasteiger partial charge in [0.1, 0.15) is 11.9 Å². The maximum absolute atomic E-state index is 13.1. The lowest BCUT2D eigenvalue weighted by Gasteiger charge is -2.35. The molecule has 0 aromatic heterocycles. The van der Waals surface area contributed by atoms with Crippen molar-refractivity contribution >= 4 is 11.7 Å². The van der Waals surface area contributed by atoms with E-state index in [9.17, 15) is 9.59 Å². The highest BCUT2D eigenvalue weighted by Gasteiger charge is 2.50. The molecule has 3 aliphatic rings. The highest BCUT2D eigenvalue weighted by Crippen LogP contribution is 2.46. The monoisotopic (exact) mass is 341 g/mol. The molecule has 3 atom stereocenters. The summed E-state index contributed by atoms with van der Waals surface area (Å²) in [5.41, 5.74) is 1.45. The smallest absolute Gasteiger partial charge is 0.289 e. The number of hydrogen-bond donors (Lipinski definition) is 0. The molecule has 0 saturated heterocycles. The van der Waals surface area contributed by atoms with Crippen molar-refractivity contribution in [1.29, 1.82) is 0 Å². The van der Waals surface area contributed by atoms with Gasteiger partial charge in [-0.15, -0.1) is 0 Å². The maximum atomic E-state index is 13.1. The lowest BCUT2D eigenvalue weighted by atomic mass is 9.77. The van der Waals surface area contributed by atoms with Crippen LogP contribution in [0.2, 0.25) is 0 Å². The van der Waals surface area contributed by atoms with Crippen LogP contribution in [-0.4, -0.2) is 36.3 Å². The molecule has 132 valence electrons. The number of ether oxygens (including phenoxy) is 2. The summed E-state index contributed by atoms with van der Waals surface area (Å²) in [5, 5.41) is 0. The van der Waals surface area contributed by atoms with Crippen LogP contribution < -0.4 is 4.74 Å². The van der Waals surface area contributed by atoms with Crippen molar-refractivity contribution < 1.29 is 19.1 Å². The Kier molecular flexibility index (Phi) is 4.02. The summed E-state index contributed by atoms with van der Waals surface area (Å²) < 4.78 is 11.5. The van der Waals surface area contributed by atoms with Crippen molar-refractivity contribution in [3.8, 4) is 5.75 Å². The van der Waals surface area contributed by atoms with Crippen LogP contribution >= 0.6 is 0 Å². The van der Waals surface area contributed by atoms with Gasteiger partial charge in [0.15, 0.2) is 11.5 Å². The predicted octanol–water partition coefficient (Wildman–Crippen LogP) is 3.01. The second kappa shape index (κ2) is 6.21. The molecule has 5 nitrogen and oxygen atoms in total. The van der Waals surface area contributed by atoms with Crippen LogP contribution in [0, 0.1) is 5.92 Å². The number of hydrogen-bond acceptors (Lipinski definition) is 4. The van der Waals surface area contributed by atoms with Crippen LogP contribution in [0.4, 0.5) is 0 Å². The first-order valence-electron chi connectivity index (χ1n) is 9.06. The number of Topliss-reactive ketones (excluding diaryl/α,β-unsaturated/α-hetero) is 1. The second-order valence-corrected chi connectivity index (χ2v) is 6.97. The summed E-state index contributed by atoms with van der Waals surface area (Å²) in [4.78, 5) is 27.4. The van der Waals surface area contributed by atoms with Gasteiger partial charge in [-0.2, -0.15) is 0 Å². The van der Waals surface area contributed by atoms with Crippen molar-refractivity contribution in [2.45, 2.75) is 44.8 Å². The number of likely N-dealkylation sites (N-methyl/N-ethyl adjacent to an activating group) is 1. The number of carbonyl (C=O) groups is 2. The normalized spacial score (nSPS) is 28.6. The van der Waals surface area contributed by atoms with Crippen molar-refractivity contribution in [2.24, 2.45) is 5.92 Å². The van der Waals surface area contributed by atoms with Gasteiger partial charge >= 0.3 is 0 Å². The second-order valence-electron chi connectivity index (χ2n) is 6.97. The van der Waals surface area contributed by atoms with Gasteiger partial charge in [0.25, 0.3) is 5.91 Å². The number of rotatable bonds is 3. The summed E-state index contributed by atoms with van der Waals surface area (Å²) >= 11 is 0. The highest BCUT2D eigenvalue weighted by atomic mass is 16.5. The molecule has 1 saturated carbocycles. The van der Waals surface area contributed by atoms with E-state index in [1.165, 1.54) is 0 Å². The fraction of sp³-hybridized carbons (Fsp3) is 0.500. The Morgan fingerprint density at radius 2 is 1.88 bits per heavy atom. The minimum atomic E-state index is -0.367. The lowest BCUT2D eigenvalue weighted by Crippen LogP contribution is -2.39. The standard InChI is InChI=1S/C20H23NO4/c1-3-24-13-10-8-12(9-11-13)17-16-18(22)14-6-4-5-7-15(14)25-19(16)20(23)21(17)2/h8-11,14-15,17H,3-7H2,1-2H3. The Morgan fingerprint density at radius 1 is 1.16 bits per heavy atom. The summed E-state index contributed by atoms with van der Waals surface area (Å²) in [7, 11) is 1.74. The van der Waals surface area contributed by atoms with Gasteiger partial charge in [-0.25, -0.2) is 0 Å². The van der Waals surface area contributed by atoms with Gasteiger partial charge in [-0.3, -0.25) is 9.59 Å². The SMILES string of the molecule is CCOc1ccc(C2C3=C(OC4CCCCC4C3=O)C(=O)N2C)cc1. The van der Waals surface area contributed by atoms with Crippen molar-refractivity contribution in [1.82, 2.24) is 4.90 Å². The Labute approximate surface area is 147 Å². The number of amides is 1. The maximum Gasteiger partial charge on any atom is 0.289 e. The molecule has 5 heteroatoms. The molecule has 1 fully saturated rings. The zero-order chi connectivity index (χ0) is 17.6. The average Bonchev–Trinajstić information content (AvgIpc) is 2.88. The van der Waals surface area contributed by atoms with Gasteiger partial charge in [-0.1, -0.05) is 18.6 Å². The van der Waals surface area contributed by atoms with E-state index >= 15 is 0 Å². The molecule has 0 bridgehead atoms. The highest BCUT2D eigenvalue weighted by molar-refractivity contribution is 6.11. The summed E-state index contributed by atoms with van der Waals surface area (Å²) in [6.45, 7) is 2.54. The Bertz CT molecular complexity index is 737. The van der Waals surface area contributed by atoms with E-state index in [0.29, 0.717) is 12.2 Å². The van der Waals surface area contributed by atoms with Crippen LogP contribution in [0.1, 0.15) is 44.2 Å². The average molecular weight is 341 g/mol. The Hall–Kier alpha value is -2.30. The van der Waals surface area contributed by atoms with Crippen LogP contribution in [0.3, 0.4) is 0 Å². The molecule has 0 spiro atoms. The van der Waals surface area contributed by atoms with Gasteiger partial charge in [0.05, 0.1) is 24.1 Å². The van der Waals surface area contributed by atoms with E-state index in [1.807, 2.05) is 31.2 Å². The van der Waals surface area contributed by atoms with E-state index in [4.69, 9.17) is 9.47 Å². The van der Waals surface area contributed by atoms with Gasteiger partial charge in [0, 0.05) is 7.05 Å². The van der Waals surface area contributed by atoms with Gasteiger partial charge < -0.3 is 14.4 Å². The summed E-state index contributed by atoms with van der Waals surface area (Å²) in [6.07, 6.45) is 3.70. The van der Waals surface area contributed by atoms with Crippen LogP contribution in [0.25, 0.3) is 0 Å².